The number of hydrogen-bond acceptors (Lipinski definition) is 2. The van der Waals surface area contributed by atoms with Gasteiger partial charge in [0.1, 0.15) is 0 Å². The molecule has 0 rings (SSSR count). The highest BCUT2D eigenvalue weighted by Crippen LogP contribution is 2.31. The zero-order valence-electron chi connectivity index (χ0n) is 15.2. The van der Waals surface area contributed by atoms with E-state index < -0.39 is 24.2 Å². The lowest BCUT2D eigenvalue weighted by Crippen LogP contribution is -2.31. The average molecular weight is 334 g/mol. The zero-order chi connectivity index (χ0) is 18.8. The van der Waals surface area contributed by atoms with Crippen LogP contribution in [0.25, 0.3) is 0 Å². The maximum absolute atomic E-state index is 12.1. The van der Waals surface area contributed by atoms with E-state index in [-0.39, 0.29) is 6.42 Å². The fraction of sp³-hybridized carbons (Fsp3) is 0.611. The summed E-state index contributed by atoms with van der Waals surface area (Å²) in [6.07, 6.45) is -0.573. The second kappa shape index (κ2) is 10.3. The summed E-state index contributed by atoms with van der Waals surface area (Å²) < 4.78 is 40.6. The van der Waals surface area contributed by atoms with Crippen LogP contribution in [0.15, 0.2) is 35.5 Å². The highest BCUT2D eigenvalue weighted by Gasteiger charge is 2.35. The molecule has 0 atom stereocenters. The number of ether oxygens (including phenoxy) is 1. The average Bonchev–Trinajstić information content (AvgIpc) is 2.42. The number of rotatable bonds is 6. The lowest BCUT2D eigenvalue weighted by molar-refractivity contribution is -0.192. The molecule has 0 saturated carbocycles. The molecule has 0 aliphatic carbocycles. The molecular weight excluding hydrogens is 305 g/mol. The van der Waals surface area contributed by atoms with E-state index in [2.05, 4.69) is 11.3 Å². The Labute approximate surface area is 138 Å². The van der Waals surface area contributed by atoms with E-state index in [4.69, 9.17) is 0 Å². The van der Waals surface area contributed by atoms with Crippen molar-refractivity contribution in [3.8, 4) is 0 Å². The van der Waals surface area contributed by atoms with Crippen LogP contribution in [0.2, 0.25) is 0 Å². The van der Waals surface area contributed by atoms with Crippen molar-refractivity contribution in [1.82, 2.24) is 0 Å². The van der Waals surface area contributed by atoms with Crippen LogP contribution in [0.1, 0.15) is 54.9 Å². The number of halogens is 3. The van der Waals surface area contributed by atoms with Crippen LogP contribution in [0.3, 0.4) is 0 Å². The van der Waals surface area contributed by atoms with Gasteiger partial charge in [0.25, 0.3) is 0 Å². The maximum Gasteiger partial charge on any atom is 0.422 e. The van der Waals surface area contributed by atoms with Gasteiger partial charge < -0.3 is 4.74 Å². The summed E-state index contributed by atoms with van der Waals surface area (Å²) in [7, 11) is 0. The molecule has 0 N–H and O–H groups in total. The molecule has 0 amide bonds. The van der Waals surface area contributed by atoms with Gasteiger partial charge >= 0.3 is 12.1 Å². The number of carbonyl (C=O) groups is 1. The van der Waals surface area contributed by atoms with Crippen molar-refractivity contribution >= 4 is 5.97 Å². The molecule has 0 aromatic heterocycles. The number of allylic oxidation sites excluding steroid dienone is 5. The molecule has 5 heteroatoms. The Balaban J connectivity index is 0. The third-order valence-corrected chi connectivity index (χ3v) is 2.78. The van der Waals surface area contributed by atoms with Gasteiger partial charge in [-0.05, 0) is 52.2 Å². The van der Waals surface area contributed by atoms with Crippen LogP contribution in [0.5, 0.6) is 0 Å². The molecule has 0 aromatic carbocycles. The third kappa shape index (κ3) is 10.8. The largest absolute Gasteiger partial charge is 0.456 e. The topological polar surface area (TPSA) is 26.3 Å². The summed E-state index contributed by atoms with van der Waals surface area (Å²) in [6.45, 7) is 15.1. The minimum absolute atomic E-state index is 0.267. The molecule has 0 unspecified atom stereocenters. The van der Waals surface area contributed by atoms with Gasteiger partial charge in [0.15, 0.2) is 6.61 Å². The standard InChI is InChI=1S/C16H23F3O2.C2H6/c1-7-13(12(4)8-11(2)3)9-15(5,6)14(20)21-10-16(17,18)19;1-2/h7-8H,4,9-10H2,1-3,5-6H3;1-2H3/b13-7+;. The first-order valence-corrected chi connectivity index (χ1v) is 7.62. The van der Waals surface area contributed by atoms with Crippen molar-refractivity contribution in [3.63, 3.8) is 0 Å². The third-order valence-electron chi connectivity index (χ3n) is 2.78. The Kier molecular flexibility index (Phi) is 10.6. The number of alkyl halides is 3. The molecule has 0 radical (unpaired) electrons. The van der Waals surface area contributed by atoms with Gasteiger partial charge in [-0.25, -0.2) is 0 Å². The van der Waals surface area contributed by atoms with Gasteiger partial charge in [0.05, 0.1) is 5.41 Å². The first-order chi connectivity index (χ1) is 10.4. The Morgan fingerprint density at radius 3 is 2.00 bits per heavy atom. The van der Waals surface area contributed by atoms with E-state index >= 15 is 0 Å². The second-order valence-corrected chi connectivity index (χ2v) is 5.81. The number of esters is 1. The van der Waals surface area contributed by atoms with Crippen LogP contribution >= 0.6 is 0 Å². The minimum atomic E-state index is -4.51. The summed E-state index contributed by atoms with van der Waals surface area (Å²) in [5.74, 6) is -0.871. The van der Waals surface area contributed by atoms with Gasteiger partial charge in [-0.1, -0.05) is 38.2 Å². The van der Waals surface area contributed by atoms with Crippen LogP contribution < -0.4 is 0 Å². The molecule has 23 heavy (non-hydrogen) atoms. The van der Waals surface area contributed by atoms with Gasteiger partial charge in [-0.3, -0.25) is 4.79 Å². The van der Waals surface area contributed by atoms with Crippen molar-refractivity contribution in [1.29, 1.82) is 0 Å². The second-order valence-electron chi connectivity index (χ2n) is 5.81. The van der Waals surface area contributed by atoms with E-state index in [9.17, 15) is 18.0 Å². The summed E-state index contributed by atoms with van der Waals surface area (Å²) in [4.78, 5) is 11.8. The van der Waals surface area contributed by atoms with Crippen molar-refractivity contribution in [2.75, 3.05) is 6.61 Å². The fourth-order valence-electron chi connectivity index (χ4n) is 1.73. The van der Waals surface area contributed by atoms with E-state index in [0.717, 1.165) is 16.7 Å². The van der Waals surface area contributed by atoms with Crippen LogP contribution in [-0.2, 0) is 9.53 Å². The fourth-order valence-corrected chi connectivity index (χ4v) is 1.73. The molecular formula is C18H29F3O2. The van der Waals surface area contributed by atoms with Gasteiger partial charge in [-0.2, -0.15) is 13.2 Å². The predicted octanol–water partition coefficient (Wildman–Crippen LogP) is 6.00. The van der Waals surface area contributed by atoms with Crippen molar-refractivity contribution < 1.29 is 22.7 Å². The summed E-state index contributed by atoms with van der Waals surface area (Å²) in [6, 6.07) is 0. The van der Waals surface area contributed by atoms with Crippen LogP contribution in [0.4, 0.5) is 13.2 Å². The number of carbonyl (C=O) groups excluding carboxylic acids is 1. The quantitative estimate of drug-likeness (QED) is 0.439. The SMILES string of the molecule is C=C(C=C(C)C)/C(=C/C)CC(C)(C)C(=O)OCC(F)(F)F.CC. The summed E-state index contributed by atoms with van der Waals surface area (Å²) >= 11 is 0. The molecule has 0 heterocycles. The van der Waals surface area contributed by atoms with Crippen molar-refractivity contribution in [3.05, 3.63) is 35.5 Å². The molecule has 0 spiro atoms. The van der Waals surface area contributed by atoms with E-state index in [1.54, 1.807) is 26.8 Å². The van der Waals surface area contributed by atoms with Crippen LogP contribution in [0, 0.1) is 5.41 Å². The zero-order valence-corrected chi connectivity index (χ0v) is 15.2. The summed E-state index contributed by atoms with van der Waals surface area (Å²) in [5, 5.41) is 0. The van der Waals surface area contributed by atoms with Gasteiger partial charge in [0, 0.05) is 0 Å². The van der Waals surface area contributed by atoms with Crippen LogP contribution in [-0.4, -0.2) is 18.8 Å². The smallest absolute Gasteiger partial charge is 0.422 e. The Hall–Kier alpha value is -1.52. The predicted molar refractivity (Wildman–Crippen MR) is 89.1 cm³/mol. The van der Waals surface area contributed by atoms with Gasteiger partial charge in [0.2, 0.25) is 0 Å². The minimum Gasteiger partial charge on any atom is -0.456 e. The Bertz CT molecular complexity index is 451. The van der Waals surface area contributed by atoms with E-state index in [1.165, 1.54) is 0 Å². The Morgan fingerprint density at radius 1 is 1.17 bits per heavy atom. The summed E-state index contributed by atoms with van der Waals surface area (Å²) in [5.41, 5.74) is 1.56. The first kappa shape index (κ1) is 23.7. The van der Waals surface area contributed by atoms with Crippen molar-refractivity contribution in [2.45, 2.75) is 61.1 Å². The maximum atomic E-state index is 12.1. The van der Waals surface area contributed by atoms with Crippen molar-refractivity contribution in [2.24, 2.45) is 5.41 Å². The molecule has 0 saturated heterocycles. The molecule has 0 fully saturated rings. The number of hydrogen-bond donors (Lipinski definition) is 0. The molecule has 134 valence electrons. The Morgan fingerprint density at radius 2 is 1.65 bits per heavy atom. The molecule has 0 bridgehead atoms. The monoisotopic (exact) mass is 334 g/mol. The lowest BCUT2D eigenvalue weighted by atomic mass is 9.83. The van der Waals surface area contributed by atoms with E-state index in [1.807, 2.05) is 33.8 Å². The highest BCUT2D eigenvalue weighted by atomic mass is 19.4. The molecule has 2 nitrogen and oxygen atoms in total. The lowest BCUT2D eigenvalue weighted by Gasteiger charge is -2.24. The molecule has 0 aliphatic rings. The molecule has 0 aliphatic heterocycles. The van der Waals surface area contributed by atoms with E-state index in [0.29, 0.717) is 0 Å². The van der Waals surface area contributed by atoms with Gasteiger partial charge in [-0.15, -0.1) is 0 Å². The normalized spacial score (nSPS) is 12.0. The molecule has 0 aromatic rings. The highest BCUT2D eigenvalue weighted by molar-refractivity contribution is 5.76. The first-order valence-electron chi connectivity index (χ1n) is 7.62.